The van der Waals surface area contributed by atoms with Gasteiger partial charge in [-0.3, -0.25) is 9.59 Å². The Morgan fingerprint density at radius 1 is 0.862 bits per heavy atom. The van der Waals surface area contributed by atoms with E-state index in [1.807, 2.05) is 67.6 Å². The van der Waals surface area contributed by atoms with Gasteiger partial charge >= 0.3 is 0 Å². The average Bonchev–Trinajstić information content (AvgIpc) is 2.75. The number of rotatable bonds is 12. The molecule has 4 nitrogen and oxygen atoms in total. The number of nitrogens with two attached hydrogens (primary N) is 1. The predicted molar refractivity (Wildman–Crippen MR) is 118 cm³/mol. The summed E-state index contributed by atoms with van der Waals surface area (Å²) < 4.78 is 0. The van der Waals surface area contributed by atoms with E-state index in [1.54, 1.807) is 0 Å². The van der Waals surface area contributed by atoms with Crippen LogP contribution < -0.4 is 11.1 Å². The Balaban J connectivity index is 2.14. The molecule has 0 radical (unpaired) electrons. The normalized spacial score (nSPS) is 12.3. The highest BCUT2D eigenvalue weighted by Gasteiger charge is 2.38. The van der Waals surface area contributed by atoms with Crippen LogP contribution in [0.5, 0.6) is 0 Å². The molecular formula is C25H34N2O2. The molecule has 4 heteroatoms. The Labute approximate surface area is 174 Å². The molecule has 2 amide bonds. The molecule has 2 aromatic rings. The van der Waals surface area contributed by atoms with E-state index in [-0.39, 0.29) is 5.91 Å². The van der Waals surface area contributed by atoms with Gasteiger partial charge < -0.3 is 11.1 Å². The maximum absolute atomic E-state index is 13.4. The molecule has 2 rings (SSSR count). The largest absolute Gasteiger partial charge is 0.368 e. The van der Waals surface area contributed by atoms with Crippen LogP contribution in [0.25, 0.3) is 0 Å². The molecule has 3 N–H and O–H groups in total. The van der Waals surface area contributed by atoms with E-state index in [4.69, 9.17) is 5.73 Å². The number of benzene rings is 2. The number of unbranched alkanes of at least 4 members (excludes halogenated alkanes) is 5. The van der Waals surface area contributed by atoms with Crippen LogP contribution in [0.1, 0.15) is 69.9 Å². The van der Waals surface area contributed by atoms with Crippen molar-refractivity contribution in [2.24, 2.45) is 5.73 Å². The first kappa shape index (κ1) is 22.7. The summed E-state index contributed by atoms with van der Waals surface area (Å²) in [5.41, 5.74) is 6.47. The van der Waals surface area contributed by atoms with Gasteiger partial charge in [0.1, 0.15) is 6.04 Å². The molecule has 0 aliphatic carbocycles. The first-order chi connectivity index (χ1) is 14.0. The predicted octanol–water partition coefficient (Wildman–Crippen LogP) is 4.71. The molecule has 0 aromatic heterocycles. The van der Waals surface area contributed by atoms with Crippen LogP contribution in [0, 0.1) is 0 Å². The molecule has 0 bridgehead atoms. The van der Waals surface area contributed by atoms with Gasteiger partial charge in [0, 0.05) is 0 Å². The standard InChI is InChI=1S/C25H34N2O2/c1-3-4-5-6-7-14-19-22(23(26)28)27-24(29)25(2,20-15-10-8-11-16-20)21-17-12-9-13-18-21/h8-13,15-18,22H,3-7,14,19H2,1-2H3,(H2,26,28)(H,27,29)/t22-/m1/s1. The van der Waals surface area contributed by atoms with E-state index in [2.05, 4.69) is 12.2 Å². The van der Waals surface area contributed by atoms with Gasteiger partial charge in [0.15, 0.2) is 0 Å². The van der Waals surface area contributed by atoms with E-state index in [0.29, 0.717) is 6.42 Å². The van der Waals surface area contributed by atoms with Crippen LogP contribution in [-0.4, -0.2) is 17.9 Å². The minimum absolute atomic E-state index is 0.204. The van der Waals surface area contributed by atoms with Crippen molar-refractivity contribution in [3.8, 4) is 0 Å². The van der Waals surface area contributed by atoms with Gasteiger partial charge in [-0.15, -0.1) is 0 Å². The lowest BCUT2D eigenvalue weighted by molar-refractivity contribution is -0.130. The Morgan fingerprint density at radius 3 is 1.83 bits per heavy atom. The molecule has 0 spiro atoms. The zero-order valence-corrected chi connectivity index (χ0v) is 17.7. The van der Waals surface area contributed by atoms with Gasteiger partial charge in [-0.25, -0.2) is 0 Å². The highest BCUT2D eigenvalue weighted by atomic mass is 16.2. The molecule has 0 aliphatic heterocycles. The van der Waals surface area contributed by atoms with Crippen LogP contribution >= 0.6 is 0 Å². The van der Waals surface area contributed by atoms with Crippen LogP contribution in [0.15, 0.2) is 60.7 Å². The van der Waals surface area contributed by atoms with Crippen molar-refractivity contribution in [3.05, 3.63) is 71.8 Å². The van der Waals surface area contributed by atoms with Crippen molar-refractivity contribution in [1.29, 1.82) is 0 Å². The Bertz CT molecular complexity index is 719. The SMILES string of the molecule is CCCCCCCC[C@@H](NC(=O)C(C)(c1ccccc1)c1ccccc1)C(N)=O. The van der Waals surface area contributed by atoms with E-state index in [0.717, 1.165) is 30.4 Å². The summed E-state index contributed by atoms with van der Waals surface area (Å²) in [7, 11) is 0. The number of nitrogens with one attached hydrogen (secondary N) is 1. The fraction of sp³-hybridized carbons (Fsp3) is 0.440. The number of amides is 2. The van der Waals surface area contributed by atoms with Crippen LogP contribution in [-0.2, 0) is 15.0 Å². The summed E-state index contributed by atoms with van der Waals surface area (Å²) in [6.45, 7) is 4.09. The first-order valence-electron chi connectivity index (χ1n) is 10.7. The summed E-state index contributed by atoms with van der Waals surface area (Å²) in [5, 5.41) is 2.94. The van der Waals surface area contributed by atoms with Crippen molar-refractivity contribution < 1.29 is 9.59 Å². The van der Waals surface area contributed by atoms with Crippen molar-refractivity contribution >= 4 is 11.8 Å². The third-order valence-electron chi connectivity index (χ3n) is 5.65. The van der Waals surface area contributed by atoms with Gasteiger partial charge in [-0.2, -0.15) is 0 Å². The molecule has 2 aromatic carbocycles. The quantitative estimate of drug-likeness (QED) is 0.512. The van der Waals surface area contributed by atoms with Gasteiger partial charge in [-0.1, -0.05) is 106 Å². The smallest absolute Gasteiger partial charge is 0.240 e. The summed E-state index contributed by atoms with van der Waals surface area (Å²) in [6, 6.07) is 18.7. The second kappa shape index (κ2) is 11.4. The Morgan fingerprint density at radius 2 is 1.34 bits per heavy atom. The molecule has 0 aliphatic rings. The molecule has 29 heavy (non-hydrogen) atoms. The van der Waals surface area contributed by atoms with Crippen molar-refractivity contribution in [2.75, 3.05) is 0 Å². The Kier molecular flexibility index (Phi) is 8.91. The van der Waals surface area contributed by atoms with Gasteiger partial charge in [0.2, 0.25) is 11.8 Å². The van der Waals surface area contributed by atoms with Crippen LogP contribution in [0.2, 0.25) is 0 Å². The number of primary amides is 1. The lowest BCUT2D eigenvalue weighted by Gasteiger charge is -2.31. The molecule has 0 heterocycles. The zero-order valence-electron chi connectivity index (χ0n) is 17.7. The molecule has 0 unspecified atom stereocenters. The third-order valence-corrected chi connectivity index (χ3v) is 5.65. The molecule has 1 atom stereocenters. The molecule has 0 saturated heterocycles. The van der Waals surface area contributed by atoms with Gasteiger partial charge in [0.05, 0.1) is 5.41 Å². The van der Waals surface area contributed by atoms with Crippen molar-refractivity contribution in [3.63, 3.8) is 0 Å². The minimum atomic E-state index is -0.905. The number of carbonyl (C=O) groups excluding carboxylic acids is 2. The summed E-state index contributed by atoms with van der Waals surface area (Å²) in [5.74, 6) is -0.680. The fourth-order valence-electron chi connectivity index (χ4n) is 3.69. The molecule has 156 valence electrons. The third kappa shape index (κ3) is 6.18. The first-order valence-corrected chi connectivity index (χ1v) is 10.7. The number of hydrogen-bond acceptors (Lipinski definition) is 2. The van der Waals surface area contributed by atoms with Crippen molar-refractivity contribution in [2.45, 2.75) is 70.3 Å². The second-order valence-electron chi connectivity index (χ2n) is 7.84. The fourth-order valence-corrected chi connectivity index (χ4v) is 3.69. The topological polar surface area (TPSA) is 72.2 Å². The maximum Gasteiger partial charge on any atom is 0.240 e. The minimum Gasteiger partial charge on any atom is -0.368 e. The molecular weight excluding hydrogens is 360 g/mol. The number of hydrogen-bond donors (Lipinski definition) is 2. The zero-order chi connectivity index (χ0) is 21.1. The average molecular weight is 395 g/mol. The van der Waals surface area contributed by atoms with Crippen molar-refractivity contribution in [1.82, 2.24) is 5.32 Å². The molecule has 0 fully saturated rings. The number of carbonyl (C=O) groups is 2. The summed E-state index contributed by atoms with van der Waals surface area (Å²) in [6.07, 6.45) is 7.31. The lowest BCUT2D eigenvalue weighted by Crippen LogP contribution is -2.51. The highest BCUT2D eigenvalue weighted by molar-refractivity contribution is 5.95. The summed E-state index contributed by atoms with van der Waals surface area (Å²) in [4.78, 5) is 25.4. The summed E-state index contributed by atoms with van der Waals surface area (Å²) >= 11 is 0. The highest BCUT2D eigenvalue weighted by Crippen LogP contribution is 2.32. The van der Waals surface area contributed by atoms with Crippen LogP contribution in [0.4, 0.5) is 0 Å². The maximum atomic E-state index is 13.4. The van der Waals surface area contributed by atoms with E-state index in [1.165, 1.54) is 19.3 Å². The lowest BCUT2D eigenvalue weighted by atomic mass is 9.75. The second-order valence-corrected chi connectivity index (χ2v) is 7.84. The van der Waals surface area contributed by atoms with Gasteiger partial charge in [-0.05, 0) is 24.5 Å². The Hall–Kier alpha value is -2.62. The van der Waals surface area contributed by atoms with Gasteiger partial charge in [0.25, 0.3) is 0 Å². The monoisotopic (exact) mass is 394 g/mol. The molecule has 0 saturated carbocycles. The van der Waals surface area contributed by atoms with Crippen LogP contribution in [0.3, 0.4) is 0 Å². The van der Waals surface area contributed by atoms with E-state index < -0.39 is 17.4 Å². The van der Waals surface area contributed by atoms with E-state index >= 15 is 0 Å². The van der Waals surface area contributed by atoms with E-state index in [9.17, 15) is 9.59 Å².